The van der Waals surface area contributed by atoms with E-state index in [1.807, 2.05) is 0 Å². The topological polar surface area (TPSA) is 95.1 Å². The Morgan fingerprint density at radius 2 is 1.95 bits per heavy atom. The second kappa shape index (κ2) is 5.09. The zero-order valence-electron chi connectivity index (χ0n) is 10.8. The van der Waals surface area contributed by atoms with Gasteiger partial charge in [-0.05, 0) is 18.2 Å². The molecule has 0 aliphatic carbocycles. The standard InChI is InChI=1S/C15H11N3O3/c19-13(15(21)17-9-4-3-7-16-8-9)12-10-5-1-2-6-11(10)18-14(12)20/h1-8,18,20H,(H,17,21). The van der Waals surface area contributed by atoms with E-state index in [0.29, 0.717) is 16.6 Å². The number of aromatic amines is 1. The van der Waals surface area contributed by atoms with Crippen molar-refractivity contribution < 1.29 is 14.7 Å². The van der Waals surface area contributed by atoms with Gasteiger partial charge < -0.3 is 15.4 Å². The van der Waals surface area contributed by atoms with Crippen molar-refractivity contribution in [1.82, 2.24) is 9.97 Å². The van der Waals surface area contributed by atoms with Crippen LogP contribution in [0.5, 0.6) is 5.88 Å². The number of carbonyl (C=O) groups is 2. The first-order valence-electron chi connectivity index (χ1n) is 6.22. The van der Waals surface area contributed by atoms with E-state index in [2.05, 4.69) is 15.3 Å². The molecule has 0 atom stereocenters. The largest absolute Gasteiger partial charge is 0.494 e. The Labute approximate surface area is 119 Å². The summed E-state index contributed by atoms with van der Waals surface area (Å²) < 4.78 is 0. The highest BCUT2D eigenvalue weighted by molar-refractivity contribution is 6.49. The van der Waals surface area contributed by atoms with Gasteiger partial charge in [0, 0.05) is 17.1 Å². The van der Waals surface area contributed by atoms with Crippen molar-refractivity contribution in [2.45, 2.75) is 0 Å². The molecule has 0 radical (unpaired) electrons. The number of H-pyrrole nitrogens is 1. The number of Topliss-reactive ketones (excluding diaryl/α,β-unsaturated/α-hetero) is 1. The molecule has 0 bridgehead atoms. The molecular formula is C15H11N3O3. The van der Waals surface area contributed by atoms with Crippen LogP contribution in [-0.2, 0) is 4.79 Å². The lowest BCUT2D eigenvalue weighted by Gasteiger charge is -2.03. The first-order chi connectivity index (χ1) is 10.2. The fourth-order valence-electron chi connectivity index (χ4n) is 2.10. The van der Waals surface area contributed by atoms with Gasteiger partial charge in [0.25, 0.3) is 11.7 Å². The molecule has 3 rings (SSSR count). The molecule has 3 N–H and O–H groups in total. The van der Waals surface area contributed by atoms with E-state index in [-0.39, 0.29) is 11.4 Å². The Kier molecular flexibility index (Phi) is 3.12. The third-order valence-corrected chi connectivity index (χ3v) is 3.04. The molecule has 2 heterocycles. The number of carbonyl (C=O) groups excluding carboxylic acids is 2. The summed E-state index contributed by atoms with van der Waals surface area (Å²) in [6.07, 6.45) is 2.99. The maximum Gasteiger partial charge on any atom is 0.297 e. The number of ketones is 1. The number of rotatable bonds is 3. The van der Waals surface area contributed by atoms with E-state index >= 15 is 0 Å². The molecular weight excluding hydrogens is 270 g/mol. The number of hydrogen-bond acceptors (Lipinski definition) is 4. The number of nitrogens with one attached hydrogen (secondary N) is 2. The number of pyridine rings is 1. The Bertz CT molecular complexity index is 825. The molecule has 104 valence electrons. The third-order valence-electron chi connectivity index (χ3n) is 3.04. The van der Waals surface area contributed by atoms with Crippen LogP contribution in [0.3, 0.4) is 0 Å². The molecule has 0 spiro atoms. The Hall–Kier alpha value is -3.15. The molecule has 21 heavy (non-hydrogen) atoms. The van der Waals surface area contributed by atoms with Gasteiger partial charge in [0.05, 0.1) is 17.4 Å². The molecule has 0 unspecified atom stereocenters. The lowest BCUT2D eigenvalue weighted by atomic mass is 10.1. The number of aromatic nitrogens is 2. The minimum Gasteiger partial charge on any atom is -0.494 e. The summed E-state index contributed by atoms with van der Waals surface area (Å²) in [5, 5.41) is 12.8. The van der Waals surface area contributed by atoms with Crippen LogP contribution in [0.2, 0.25) is 0 Å². The zero-order valence-corrected chi connectivity index (χ0v) is 10.8. The van der Waals surface area contributed by atoms with Crippen LogP contribution in [0.1, 0.15) is 10.4 Å². The fraction of sp³-hybridized carbons (Fsp3) is 0. The van der Waals surface area contributed by atoms with Gasteiger partial charge in [-0.3, -0.25) is 14.6 Å². The number of nitrogens with zero attached hydrogens (tertiary/aromatic N) is 1. The van der Waals surface area contributed by atoms with Gasteiger partial charge in [0.15, 0.2) is 0 Å². The van der Waals surface area contributed by atoms with Crippen LogP contribution in [0.4, 0.5) is 5.69 Å². The van der Waals surface area contributed by atoms with Crippen molar-refractivity contribution in [3.8, 4) is 5.88 Å². The van der Waals surface area contributed by atoms with Crippen LogP contribution >= 0.6 is 0 Å². The average molecular weight is 281 g/mol. The second-order valence-electron chi connectivity index (χ2n) is 4.42. The molecule has 0 saturated carbocycles. The van der Waals surface area contributed by atoms with Gasteiger partial charge in [0.2, 0.25) is 5.88 Å². The molecule has 6 heteroatoms. The van der Waals surface area contributed by atoms with E-state index in [1.54, 1.807) is 42.6 Å². The molecule has 0 aliphatic rings. The number of para-hydroxylation sites is 1. The van der Waals surface area contributed by atoms with E-state index in [0.717, 1.165) is 0 Å². The van der Waals surface area contributed by atoms with Gasteiger partial charge >= 0.3 is 0 Å². The first kappa shape index (κ1) is 12.9. The summed E-state index contributed by atoms with van der Waals surface area (Å²) in [6, 6.07) is 10.1. The monoisotopic (exact) mass is 281 g/mol. The molecule has 2 aromatic heterocycles. The highest BCUT2D eigenvalue weighted by Crippen LogP contribution is 2.27. The molecule has 6 nitrogen and oxygen atoms in total. The van der Waals surface area contributed by atoms with Crippen molar-refractivity contribution in [2.24, 2.45) is 0 Å². The molecule has 0 aliphatic heterocycles. The highest BCUT2D eigenvalue weighted by Gasteiger charge is 2.24. The van der Waals surface area contributed by atoms with E-state index in [9.17, 15) is 14.7 Å². The van der Waals surface area contributed by atoms with Crippen molar-refractivity contribution in [3.63, 3.8) is 0 Å². The minimum atomic E-state index is -0.831. The predicted octanol–water partition coefficient (Wildman–Crippen LogP) is 2.09. The lowest BCUT2D eigenvalue weighted by molar-refractivity contribution is -0.112. The predicted molar refractivity (Wildman–Crippen MR) is 77.2 cm³/mol. The van der Waals surface area contributed by atoms with Crippen molar-refractivity contribution in [1.29, 1.82) is 0 Å². The first-order valence-corrected chi connectivity index (χ1v) is 6.22. The number of fused-ring (bicyclic) bond motifs is 1. The maximum atomic E-state index is 12.2. The van der Waals surface area contributed by atoms with E-state index in [4.69, 9.17) is 0 Å². The number of aromatic hydroxyl groups is 1. The minimum absolute atomic E-state index is 0.0352. The second-order valence-corrected chi connectivity index (χ2v) is 4.42. The third kappa shape index (κ3) is 2.34. The lowest BCUT2D eigenvalue weighted by Crippen LogP contribution is -2.22. The molecule has 1 aromatic carbocycles. The average Bonchev–Trinajstić information content (AvgIpc) is 2.83. The van der Waals surface area contributed by atoms with E-state index in [1.165, 1.54) is 6.20 Å². The molecule has 3 aromatic rings. The van der Waals surface area contributed by atoms with Crippen molar-refractivity contribution >= 4 is 28.3 Å². The van der Waals surface area contributed by atoms with E-state index < -0.39 is 11.7 Å². The SMILES string of the molecule is O=C(Nc1cccnc1)C(=O)c1c(O)[nH]c2ccccc12. The maximum absolute atomic E-state index is 12.2. The summed E-state index contributed by atoms with van der Waals surface area (Å²) in [5.41, 5.74) is 0.967. The van der Waals surface area contributed by atoms with Crippen molar-refractivity contribution in [2.75, 3.05) is 5.32 Å². The summed E-state index contributed by atoms with van der Waals surface area (Å²) in [5.74, 6) is -1.96. The number of benzene rings is 1. The zero-order chi connectivity index (χ0) is 14.8. The Morgan fingerprint density at radius 3 is 2.71 bits per heavy atom. The molecule has 0 fully saturated rings. The van der Waals surface area contributed by atoms with Gasteiger partial charge in [-0.25, -0.2) is 0 Å². The smallest absolute Gasteiger partial charge is 0.297 e. The molecule has 1 amide bonds. The summed E-state index contributed by atoms with van der Waals surface area (Å²) >= 11 is 0. The summed E-state index contributed by atoms with van der Waals surface area (Å²) in [7, 11) is 0. The van der Waals surface area contributed by atoms with Gasteiger partial charge in [-0.15, -0.1) is 0 Å². The quantitative estimate of drug-likeness (QED) is 0.506. The summed E-state index contributed by atoms with van der Waals surface area (Å²) in [4.78, 5) is 30.7. The highest BCUT2D eigenvalue weighted by atomic mass is 16.3. The van der Waals surface area contributed by atoms with Crippen LogP contribution < -0.4 is 5.32 Å². The van der Waals surface area contributed by atoms with Crippen LogP contribution in [0.15, 0.2) is 48.8 Å². The fourth-order valence-corrected chi connectivity index (χ4v) is 2.10. The van der Waals surface area contributed by atoms with Crippen molar-refractivity contribution in [3.05, 3.63) is 54.4 Å². The summed E-state index contributed by atoms with van der Waals surface area (Å²) in [6.45, 7) is 0. The normalized spacial score (nSPS) is 10.5. The molecule has 0 saturated heterocycles. The number of hydrogen-bond donors (Lipinski definition) is 3. The van der Waals surface area contributed by atoms with Crippen LogP contribution in [0.25, 0.3) is 10.9 Å². The number of anilines is 1. The van der Waals surface area contributed by atoms with Gasteiger partial charge in [-0.2, -0.15) is 0 Å². The van der Waals surface area contributed by atoms with Crippen LogP contribution in [-0.4, -0.2) is 26.8 Å². The Morgan fingerprint density at radius 1 is 1.14 bits per heavy atom. The van der Waals surface area contributed by atoms with Gasteiger partial charge in [-0.1, -0.05) is 18.2 Å². The van der Waals surface area contributed by atoms with Gasteiger partial charge in [0.1, 0.15) is 0 Å². The van der Waals surface area contributed by atoms with Crippen LogP contribution in [0, 0.1) is 0 Å². The number of amides is 1. The Balaban J connectivity index is 1.93.